The molecule has 0 aliphatic heterocycles. The van der Waals surface area contributed by atoms with Crippen molar-refractivity contribution < 1.29 is 15.2 Å². The topological polar surface area (TPSA) is 139 Å². The minimum Gasteiger partial charge on any atom is -0.595 e. The van der Waals surface area contributed by atoms with E-state index < -0.39 is 22.4 Å². The van der Waals surface area contributed by atoms with Gasteiger partial charge in [-0.15, -0.1) is 0 Å². The number of aromatic nitrogens is 4. The lowest BCUT2D eigenvalue weighted by Gasteiger charge is -2.12. The molecule has 26 heavy (non-hydrogen) atoms. The number of nitrogens with zero attached hydrogens (tertiary/aromatic N) is 4. The maximum absolute atomic E-state index is 12.3. The van der Waals surface area contributed by atoms with Crippen molar-refractivity contribution in [3.8, 4) is 0 Å². The molecule has 0 bridgehead atoms. The third-order valence-electron chi connectivity index (χ3n) is 3.95. The van der Waals surface area contributed by atoms with Gasteiger partial charge < -0.3 is 15.1 Å². The molecule has 1 amide bonds. The molecule has 0 aliphatic rings. The fourth-order valence-electron chi connectivity index (χ4n) is 2.57. The van der Waals surface area contributed by atoms with Crippen LogP contribution in [0.1, 0.15) is 0 Å². The summed E-state index contributed by atoms with van der Waals surface area (Å²) in [7, 11) is 2.84. The minimum atomic E-state index is -1.06. The molecule has 1 aromatic carbocycles. The second kappa shape index (κ2) is 6.55. The average molecular weight is 360 g/mol. The second-order valence-electron chi connectivity index (χ2n) is 5.68. The number of hydrogen-bond acceptors (Lipinski definition) is 6. The number of hydrogen-bond donors (Lipinski definition) is 3. The van der Waals surface area contributed by atoms with Crippen molar-refractivity contribution in [3.63, 3.8) is 0 Å². The Kier molecular flexibility index (Phi) is 4.42. The molecule has 3 N–H and O–H groups in total. The smallest absolute Gasteiger partial charge is 0.332 e. The van der Waals surface area contributed by atoms with E-state index in [1.165, 1.54) is 53.8 Å². The molecule has 2 heterocycles. The number of benzene rings is 1. The SMILES string of the molecule is Cn1c(=O)c2c(ncn2CC(=O)Nc2ccc([NH+]([O-])O)cc2)n(C)c1=O. The van der Waals surface area contributed by atoms with Crippen molar-refractivity contribution in [2.75, 3.05) is 5.32 Å². The highest BCUT2D eigenvalue weighted by Crippen LogP contribution is 2.11. The number of quaternary nitrogens is 1. The summed E-state index contributed by atoms with van der Waals surface area (Å²) in [6.45, 7) is -0.190. The molecule has 0 fully saturated rings. The van der Waals surface area contributed by atoms with Crippen molar-refractivity contribution in [2.45, 2.75) is 6.54 Å². The van der Waals surface area contributed by atoms with E-state index in [-0.39, 0.29) is 23.4 Å². The lowest BCUT2D eigenvalue weighted by Crippen LogP contribution is -2.99. The first kappa shape index (κ1) is 17.5. The number of rotatable bonds is 4. The highest BCUT2D eigenvalue weighted by Gasteiger charge is 2.16. The first-order valence-corrected chi connectivity index (χ1v) is 7.53. The van der Waals surface area contributed by atoms with Gasteiger partial charge in [0.2, 0.25) is 5.91 Å². The lowest BCUT2D eigenvalue weighted by molar-refractivity contribution is -0.991. The molecule has 1 atom stereocenters. The molecule has 0 saturated heterocycles. The number of imidazole rings is 1. The standard InChI is InChI=1S/C15H16N6O5/c1-18-13-12(14(23)19(2)15(18)24)20(8-16-13)7-11(22)17-9-3-5-10(6-4-9)21(25)26/h3-6,8,21,25H,7H2,1-2H3,(H,17,22). The van der Waals surface area contributed by atoms with Crippen LogP contribution in [0, 0.1) is 5.21 Å². The van der Waals surface area contributed by atoms with E-state index in [0.29, 0.717) is 5.69 Å². The van der Waals surface area contributed by atoms with Crippen molar-refractivity contribution in [1.29, 1.82) is 0 Å². The first-order valence-electron chi connectivity index (χ1n) is 7.53. The van der Waals surface area contributed by atoms with Crippen LogP contribution >= 0.6 is 0 Å². The predicted molar refractivity (Wildman–Crippen MR) is 91.1 cm³/mol. The number of carbonyl (C=O) groups is 1. The molecule has 0 aliphatic carbocycles. The fourth-order valence-corrected chi connectivity index (χ4v) is 2.57. The third kappa shape index (κ3) is 3.01. The van der Waals surface area contributed by atoms with Crippen LogP contribution in [0.4, 0.5) is 11.4 Å². The highest BCUT2D eigenvalue weighted by atomic mass is 16.8. The number of amides is 1. The number of carbonyl (C=O) groups excluding carboxylic acids is 1. The molecule has 0 saturated carbocycles. The van der Waals surface area contributed by atoms with Crippen LogP contribution in [0.25, 0.3) is 11.2 Å². The van der Waals surface area contributed by atoms with Crippen LogP contribution in [-0.4, -0.2) is 29.8 Å². The Morgan fingerprint density at radius 3 is 2.50 bits per heavy atom. The summed E-state index contributed by atoms with van der Waals surface area (Å²) in [5.41, 5.74) is -0.185. The summed E-state index contributed by atoms with van der Waals surface area (Å²) in [5, 5.41) is 21.2. The Labute approximate surface area is 145 Å². The average Bonchev–Trinajstić information content (AvgIpc) is 3.02. The molecule has 0 radical (unpaired) electrons. The zero-order chi connectivity index (χ0) is 19.0. The largest absolute Gasteiger partial charge is 0.595 e. The molecule has 136 valence electrons. The number of aryl methyl sites for hydroxylation is 1. The van der Waals surface area contributed by atoms with E-state index in [4.69, 9.17) is 5.21 Å². The van der Waals surface area contributed by atoms with Gasteiger partial charge in [-0.25, -0.2) is 15.0 Å². The van der Waals surface area contributed by atoms with Crippen LogP contribution in [0.5, 0.6) is 0 Å². The van der Waals surface area contributed by atoms with Gasteiger partial charge in [0, 0.05) is 31.9 Å². The zero-order valence-electron chi connectivity index (χ0n) is 14.0. The van der Waals surface area contributed by atoms with Gasteiger partial charge in [0.25, 0.3) is 5.56 Å². The Hall–Kier alpha value is -3.28. The first-order chi connectivity index (χ1) is 12.3. The van der Waals surface area contributed by atoms with Gasteiger partial charge in [0.05, 0.1) is 6.33 Å². The molecular weight excluding hydrogens is 344 g/mol. The summed E-state index contributed by atoms with van der Waals surface area (Å²) >= 11 is 0. The molecule has 3 rings (SSSR count). The summed E-state index contributed by atoms with van der Waals surface area (Å²) in [4.78, 5) is 40.5. The Balaban J connectivity index is 1.86. The number of nitrogens with one attached hydrogen (secondary N) is 2. The molecule has 11 nitrogen and oxygen atoms in total. The van der Waals surface area contributed by atoms with Crippen LogP contribution in [0.2, 0.25) is 0 Å². The molecule has 1 unspecified atom stereocenters. The third-order valence-corrected chi connectivity index (χ3v) is 3.95. The Bertz CT molecular complexity index is 1090. The molecular formula is C15H16N6O5. The van der Waals surface area contributed by atoms with E-state index in [1.54, 1.807) is 0 Å². The van der Waals surface area contributed by atoms with Crippen molar-refractivity contribution in [1.82, 2.24) is 18.7 Å². The summed E-state index contributed by atoms with van der Waals surface area (Å²) < 4.78 is 3.54. The molecule has 0 spiro atoms. The van der Waals surface area contributed by atoms with E-state index in [0.717, 1.165) is 4.57 Å². The fraction of sp³-hybridized carbons (Fsp3) is 0.200. The quantitative estimate of drug-likeness (QED) is 0.483. The highest BCUT2D eigenvalue weighted by molar-refractivity contribution is 5.91. The van der Waals surface area contributed by atoms with Crippen LogP contribution in [0.3, 0.4) is 0 Å². The number of fused-ring (bicyclic) bond motifs is 1. The minimum absolute atomic E-state index is 0.105. The van der Waals surface area contributed by atoms with Gasteiger partial charge in [0.1, 0.15) is 6.54 Å². The zero-order valence-corrected chi connectivity index (χ0v) is 14.0. The van der Waals surface area contributed by atoms with Crippen LogP contribution < -0.4 is 21.8 Å². The van der Waals surface area contributed by atoms with E-state index >= 15 is 0 Å². The maximum Gasteiger partial charge on any atom is 0.332 e. The van der Waals surface area contributed by atoms with Crippen molar-refractivity contribution >= 4 is 28.4 Å². The molecule has 2 aromatic heterocycles. The van der Waals surface area contributed by atoms with E-state index in [9.17, 15) is 19.6 Å². The Morgan fingerprint density at radius 1 is 1.23 bits per heavy atom. The lowest BCUT2D eigenvalue weighted by atomic mass is 10.3. The summed E-state index contributed by atoms with van der Waals surface area (Å²) in [5.74, 6) is -0.428. The summed E-state index contributed by atoms with van der Waals surface area (Å²) in [6.07, 6.45) is 1.32. The van der Waals surface area contributed by atoms with Gasteiger partial charge in [-0.3, -0.25) is 18.7 Å². The molecule has 3 aromatic rings. The Morgan fingerprint density at radius 2 is 1.88 bits per heavy atom. The monoisotopic (exact) mass is 360 g/mol. The second-order valence-corrected chi connectivity index (χ2v) is 5.68. The van der Waals surface area contributed by atoms with E-state index in [1.807, 2.05) is 0 Å². The van der Waals surface area contributed by atoms with Crippen LogP contribution in [-0.2, 0) is 25.4 Å². The van der Waals surface area contributed by atoms with Gasteiger partial charge in [-0.05, 0) is 12.1 Å². The van der Waals surface area contributed by atoms with Gasteiger partial charge in [-0.2, -0.15) is 5.23 Å². The number of anilines is 1. The van der Waals surface area contributed by atoms with E-state index in [2.05, 4.69) is 10.3 Å². The molecule has 11 heteroatoms. The normalized spacial score (nSPS) is 12.3. The predicted octanol–water partition coefficient (Wildman–Crippen LogP) is -1.52. The van der Waals surface area contributed by atoms with Gasteiger partial charge in [-0.1, -0.05) is 0 Å². The van der Waals surface area contributed by atoms with Crippen LogP contribution in [0.15, 0.2) is 40.2 Å². The van der Waals surface area contributed by atoms with Crippen molar-refractivity contribution in [2.24, 2.45) is 14.1 Å². The van der Waals surface area contributed by atoms with Crippen molar-refractivity contribution in [3.05, 3.63) is 56.6 Å². The summed E-state index contributed by atoms with van der Waals surface area (Å²) in [6, 6.07) is 5.68. The maximum atomic E-state index is 12.3. The van der Waals surface area contributed by atoms with Gasteiger partial charge >= 0.3 is 5.69 Å². The van der Waals surface area contributed by atoms with Gasteiger partial charge in [0.15, 0.2) is 16.9 Å².